The van der Waals surface area contributed by atoms with Crippen LogP contribution in [0.25, 0.3) is 0 Å². The molecule has 0 aromatic carbocycles. The minimum Gasteiger partial charge on any atom is -0.302 e. The quantitative estimate of drug-likeness (QED) is 0.450. The second-order valence-corrected chi connectivity index (χ2v) is 3.55. The summed E-state index contributed by atoms with van der Waals surface area (Å²) in [7, 11) is 0. The summed E-state index contributed by atoms with van der Waals surface area (Å²) in [5.41, 5.74) is 0.290. The number of hydrogen-bond donors (Lipinski definition) is 0. The highest BCUT2D eigenvalue weighted by atomic mass is 15.2. The van der Waals surface area contributed by atoms with Gasteiger partial charge in [0.15, 0.2) is 0 Å². The molecule has 0 aromatic rings. The maximum atomic E-state index is 5.50. The molecule has 1 heteroatoms. The molecule has 2 unspecified atom stereocenters. The van der Waals surface area contributed by atoms with Crippen molar-refractivity contribution in [1.29, 1.82) is 0 Å². The molecule has 2 aliphatic rings. The van der Waals surface area contributed by atoms with Gasteiger partial charge in [-0.05, 0) is 32.4 Å². The minimum atomic E-state index is 0.290. The zero-order chi connectivity index (χ0) is 7.03. The van der Waals surface area contributed by atoms with E-state index in [4.69, 9.17) is 6.42 Å². The van der Waals surface area contributed by atoms with Gasteiger partial charge in [0, 0.05) is 12.0 Å². The second-order valence-electron chi connectivity index (χ2n) is 3.55. The van der Waals surface area contributed by atoms with E-state index >= 15 is 0 Å². The predicted octanol–water partition coefficient (Wildman–Crippen LogP) is 1.11. The van der Waals surface area contributed by atoms with Crippen molar-refractivity contribution in [2.45, 2.75) is 19.3 Å². The Labute approximate surface area is 62.4 Å². The number of rotatable bonds is 0. The van der Waals surface area contributed by atoms with Gasteiger partial charge in [0.1, 0.15) is 0 Å². The first kappa shape index (κ1) is 6.24. The number of fused-ring (bicyclic) bond motifs is 2. The van der Waals surface area contributed by atoms with Gasteiger partial charge in [0.05, 0.1) is 0 Å². The number of terminal acetylenes is 1. The van der Waals surface area contributed by atoms with E-state index in [1.807, 2.05) is 0 Å². The van der Waals surface area contributed by atoms with Crippen LogP contribution in [-0.2, 0) is 0 Å². The minimum absolute atomic E-state index is 0.290. The molecule has 10 heavy (non-hydrogen) atoms. The van der Waals surface area contributed by atoms with Crippen molar-refractivity contribution in [1.82, 2.24) is 4.90 Å². The molecule has 2 bridgehead atoms. The summed E-state index contributed by atoms with van der Waals surface area (Å²) in [5, 5.41) is 0. The molecule has 1 nitrogen and oxygen atoms in total. The molecule has 0 aromatic heterocycles. The standard InChI is InChI=1S/C9H13N/c1-2-9-4-3-6-10(8-9)7-5-9/h1H,3-8H2. The topological polar surface area (TPSA) is 3.24 Å². The van der Waals surface area contributed by atoms with Crippen LogP contribution in [0.5, 0.6) is 0 Å². The summed E-state index contributed by atoms with van der Waals surface area (Å²) in [5.74, 6) is 2.97. The van der Waals surface area contributed by atoms with E-state index in [0.29, 0.717) is 0 Å². The number of piperidine rings is 1. The number of hydrogen-bond acceptors (Lipinski definition) is 1. The monoisotopic (exact) mass is 135 g/mol. The first-order chi connectivity index (χ1) is 4.85. The third-order valence-corrected chi connectivity index (χ3v) is 2.87. The van der Waals surface area contributed by atoms with Crippen molar-refractivity contribution in [3.05, 3.63) is 0 Å². The van der Waals surface area contributed by atoms with Gasteiger partial charge >= 0.3 is 0 Å². The van der Waals surface area contributed by atoms with Crippen LogP contribution < -0.4 is 0 Å². The zero-order valence-electron chi connectivity index (χ0n) is 6.27. The molecule has 2 rings (SSSR count). The van der Waals surface area contributed by atoms with Crippen molar-refractivity contribution in [2.24, 2.45) is 5.41 Å². The van der Waals surface area contributed by atoms with Gasteiger partial charge in [-0.3, -0.25) is 0 Å². The zero-order valence-corrected chi connectivity index (χ0v) is 6.27. The fourth-order valence-corrected chi connectivity index (χ4v) is 2.18. The molecule has 0 spiro atoms. The maximum Gasteiger partial charge on any atom is 0.0451 e. The molecule has 0 radical (unpaired) electrons. The van der Waals surface area contributed by atoms with Gasteiger partial charge in [-0.1, -0.05) is 5.92 Å². The first-order valence-corrected chi connectivity index (χ1v) is 4.05. The van der Waals surface area contributed by atoms with Gasteiger partial charge in [-0.15, -0.1) is 6.42 Å². The molecule has 0 saturated carbocycles. The molecule has 2 heterocycles. The molecule has 54 valence electrons. The van der Waals surface area contributed by atoms with Crippen LogP contribution in [0.15, 0.2) is 0 Å². The van der Waals surface area contributed by atoms with E-state index in [9.17, 15) is 0 Å². The Kier molecular flexibility index (Phi) is 1.25. The first-order valence-electron chi connectivity index (χ1n) is 4.05. The Morgan fingerprint density at radius 3 is 2.90 bits per heavy atom. The smallest absolute Gasteiger partial charge is 0.0451 e. The van der Waals surface area contributed by atoms with E-state index in [2.05, 4.69) is 10.8 Å². The summed E-state index contributed by atoms with van der Waals surface area (Å²) in [4.78, 5) is 2.49. The van der Waals surface area contributed by atoms with Crippen molar-refractivity contribution in [2.75, 3.05) is 19.6 Å². The summed E-state index contributed by atoms with van der Waals surface area (Å²) in [6.07, 6.45) is 9.31. The van der Waals surface area contributed by atoms with E-state index in [1.54, 1.807) is 0 Å². The van der Waals surface area contributed by atoms with Crippen molar-refractivity contribution >= 4 is 0 Å². The Morgan fingerprint density at radius 2 is 2.20 bits per heavy atom. The highest BCUT2D eigenvalue weighted by Gasteiger charge is 2.38. The normalized spacial score (nSPS) is 44.9. The van der Waals surface area contributed by atoms with Gasteiger partial charge in [-0.25, -0.2) is 0 Å². The molecular formula is C9H13N. The molecule has 0 N–H and O–H groups in total. The average Bonchev–Trinajstić information content (AvgIpc) is 2.29. The van der Waals surface area contributed by atoms with Crippen LogP contribution in [0.1, 0.15) is 19.3 Å². The van der Waals surface area contributed by atoms with Crippen LogP contribution >= 0.6 is 0 Å². The molecule has 0 aliphatic carbocycles. The molecule has 2 saturated heterocycles. The molecule has 2 fully saturated rings. The number of nitrogens with zero attached hydrogens (tertiary/aromatic N) is 1. The Balaban J connectivity index is 2.19. The average molecular weight is 135 g/mol. The summed E-state index contributed by atoms with van der Waals surface area (Å²) < 4.78 is 0. The Morgan fingerprint density at radius 1 is 1.30 bits per heavy atom. The van der Waals surface area contributed by atoms with Crippen molar-refractivity contribution in [3.63, 3.8) is 0 Å². The Bertz CT molecular complexity index is 176. The maximum absolute atomic E-state index is 5.50. The summed E-state index contributed by atoms with van der Waals surface area (Å²) in [6.45, 7) is 3.69. The summed E-state index contributed by atoms with van der Waals surface area (Å²) in [6, 6.07) is 0. The lowest BCUT2D eigenvalue weighted by atomic mass is 9.82. The van der Waals surface area contributed by atoms with Crippen molar-refractivity contribution < 1.29 is 0 Å². The van der Waals surface area contributed by atoms with Gasteiger partial charge in [-0.2, -0.15) is 0 Å². The highest BCUT2D eigenvalue weighted by molar-refractivity contribution is 5.12. The molecular weight excluding hydrogens is 122 g/mol. The second kappa shape index (κ2) is 2.00. The largest absolute Gasteiger partial charge is 0.302 e. The van der Waals surface area contributed by atoms with E-state index in [-0.39, 0.29) is 5.41 Å². The van der Waals surface area contributed by atoms with Crippen LogP contribution in [0, 0.1) is 17.8 Å². The fourth-order valence-electron chi connectivity index (χ4n) is 2.18. The third-order valence-electron chi connectivity index (χ3n) is 2.87. The van der Waals surface area contributed by atoms with Gasteiger partial charge in [0.2, 0.25) is 0 Å². The van der Waals surface area contributed by atoms with E-state index in [0.717, 1.165) is 0 Å². The van der Waals surface area contributed by atoms with E-state index < -0.39 is 0 Å². The fraction of sp³-hybridized carbons (Fsp3) is 0.778. The molecule has 2 aliphatic heterocycles. The lowest BCUT2D eigenvalue weighted by Crippen LogP contribution is -2.32. The van der Waals surface area contributed by atoms with Gasteiger partial charge < -0.3 is 4.90 Å². The molecule has 2 atom stereocenters. The molecule has 0 amide bonds. The lowest BCUT2D eigenvalue weighted by Gasteiger charge is -2.28. The van der Waals surface area contributed by atoms with Crippen LogP contribution in [-0.4, -0.2) is 24.5 Å². The van der Waals surface area contributed by atoms with Crippen LogP contribution in [0.4, 0.5) is 0 Å². The predicted molar refractivity (Wildman–Crippen MR) is 41.6 cm³/mol. The van der Waals surface area contributed by atoms with Crippen LogP contribution in [0.3, 0.4) is 0 Å². The SMILES string of the molecule is C#CC12CCCN(CC1)C2. The van der Waals surface area contributed by atoms with Gasteiger partial charge in [0.25, 0.3) is 0 Å². The highest BCUT2D eigenvalue weighted by Crippen LogP contribution is 2.38. The third kappa shape index (κ3) is 0.759. The van der Waals surface area contributed by atoms with E-state index in [1.165, 1.54) is 38.9 Å². The lowest BCUT2D eigenvalue weighted by molar-refractivity contribution is 0.232. The summed E-state index contributed by atoms with van der Waals surface area (Å²) >= 11 is 0. The van der Waals surface area contributed by atoms with Crippen molar-refractivity contribution in [3.8, 4) is 12.3 Å². The van der Waals surface area contributed by atoms with Crippen LogP contribution in [0.2, 0.25) is 0 Å². The Hall–Kier alpha value is -0.480.